The largest absolute Gasteiger partial charge is 0.455 e. The van der Waals surface area contributed by atoms with Gasteiger partial charge in [-0.2, -0.15) is 4.98 Å². The number of fused-ring (bicyclic) bond motifs is 1. The second kappa shape index (κ2) is 11.8. The van der Waals surface area contributed by atoms with E-state index in [4.69, 9.17) is 14.7 Å². The minimum Gasteiger partial charge on any atom is -0.455 e. The summed E-state index contributed by atoms with van der Waals surface area (Å²) in [5, 5.41) is 10.6. The fourth-order valence-corrected chi connectivity index (χ4v) is 4.84. The molecule has 8 nitrogen and oxygen atoms in total. The second-order valence-electron chi connectivity index (χ2n) is 9.89. The molecular weight excluding hydrogens is 476 g/mol. The fraction of sp³-hybridized carbons (Fsp3) is 0.300. The van der Waals surface area contributed by atoms with Crippen molar-refractivity contribution in [3.8, 4) is 11.5 Å². The maximum atomic E-state index is 12.6. The van der Waals surface area contributed by atoms with Crippen molar-refractivity contribution in [3.63, 3.8) is 0 Å². The lowest BCUT2D eigenvalue weighted by Crippen LogP contribution is -2.36. The predicted octanol–water partition coefficient (Wildman–Crippen LogP) is 6.28. The molecule has 1 heterocycles. The van der Waals surface area contributed by atoms with E-state index in [1.165, 1.54) is 0 Å². The molecule has 0 saturated heterocycles. The van der Waals surface area contributed by atoms with E-state index in [0.717, 1.165) is 48.2 Å². The Bertz CT molecular complexity index is 1370. The van der Waals surface area contributed by atoms with Gasteiger partial charge < -0.3 is 25.6 Å². The molecule has 8 heteroatoms. The van der Waals surface area contributed by atoms with Gasteiger partial charge in [0.1, 0.15) is 11.6 Å². The number of hydrogen-bond acceptors (Lipinski definition) is 6. The number of amides is 2. The second-order valence-corrected chi connectivity index (χ2v) is 9.89. The van der Waals surface area contributed by atoms with Crippen LogP contribution in [0.1, 0.15) is 25.7 Å². The molecule has 1 saturated carbocycles. The Kier molecular flexibility index (Phi) is 7.87. The van der Waals surface area contributed by atoms with Gasteiger partial charge in [0.15, 0.2) is 5.75 Å². The van der Waals surface area contributed by atoms with Gasteiger partial charge in [0, 0.05) is 32.1 Å². The normalized spacial score (nSPS) is 17.0. The summed E-state index contributed by atoms with van der Waals surface area (Å²) < 4.78 is 5.95. The zero-order chi connectivity index (χ0) is 26.3. The van der Waals surface area contributed by atoms with Gasteiger partial charge in [-0.3, -0.25) is 0 Å². The van der Waals surface area contributed by atoms with Gasteiger partial charge in [0.25, 0.3) is 0 Å². The van der Waals surface area contributed by atoms with Crippen LogP contribution in [-0.2, 0) is 0 Å². The van der Waals surface area contributed by atoms with Gasteiger partial charge in [-0.25, -0.2) is 9.78 Å². The minimum atomic E-state index is -0.227. The molecule has 196 valence electrons. The third-order valence-corrected chi connectivity index (χ3v) is 6.84. The summed E-state index contributed by atoms with van der Waals surface area (Å²) in [5.74, 6) is 3.35. The Morgan fingerprint density at radius 1 is 0.895 bits per heavy atom. The Morgan fingerprint density at radius 2 is 1.61 bits per heavy atom. The number of rotatable bonds is 8. The molecule has 0 unspecified atom stereocenters. The first-order valence-electron chi connectivity index (χ1n) is 13.1. The van der Waals surface area contributed by atoms with E-state index < -0.39 is 0 Å². The SMILES string of the molecule is CN(C)c1nc(NC2CCC(CNC(=O)Nc3ccccc3Oc3ccccc3)CC2)nc2ccccc12. The van der Waals surface area contributed by atoms with Crippen LogP contribution in [0.5, 0.6) is 11.5 Å². The summed E-state index contributed by atoms with van der Waals surface area (Å²) in [6.07, 6.45) is 4.07. The third-order valence-electron chi connectivity index (χ3n) is 6.84. The summed E-state index contributed by atoms with van der Waals surface area (Å²) in [7, 11) is 4.00. The van der Waals surface area contributed by atoms with Crippen molar-refractivity contribution < 1.29 is 9.53 Å². The van der Waals surface area contributed by atoms with Gasteiger partial charge in [-0.05, 0) is 68.0 Å². The standard InChI is InChI=1S/C30H34N6O2/c1-36(2)28-24-12-6-7-13-25(24)33-29(35-28)32-22-18-16-21(17-19-22)20-31-30(37)34-26-14-8-9-15-27(26)38-23-10-4-3-5-11-23/h3-15,21-22H,16-20H2,1-2H3,(H2,31,34,37)(H,32,33,35). The van der Waals surface area contributed by atoms with Gasteiger partial charge in [-0.1, -0.05) is 42.5 Å². The maximum Gasteiger partial charge on any atom is 0.319 e. The van der Waals surface area contributed by atoms with Crippen molar-refractivity contribution in [2.24, 2.45) is 5.92 Å². The van der Waals surface area contributed by atoms with E-state index in [-0.39, 0.29) is 6.03 Å². The summed E-state index contributed by atoms with van der Waals surface area (Å²) in [6.45, 7) is 0.636. The molecule has 1 aliphatic rings. The van der Waals surface area contributed by atoms with Gasteiger partial charge in [0.05, 0.1) is 11.2 Å². The van der Waals surface area contributed by atoms with Crippen molar-refractivity contribution in [2.75, 3.05) is 36.2 Å². The number of hydrogen-bond donors (Lipinski definition) is 3. The number of aromatic nitrogens is 2. The summed E-state index contributed by atoms with van der Waals surface area (Å²) in [6, 6.07) is 25.2. The van der Waals surface area contributed by atoms with Crippen LogP contribution in [0, 0.1) is 5.92 Å². The molecule has 1 aliphatic carbocycles. The van der Waals surface area contributed by atoms with Crippen LogP contribution in [-0.4, -0.2) is 42.7 Å². The molecule has 0 spiro atoms. The topological polar surface area (TPSA) is 91.4 Å². The molecular formula is C30H34N6O2. The number of urea groups is 1. The van der Waals surface area contributed by atoms with E-state index in [2.05, 4.69) is 22.0 Å². The van der Waals surface area contributed by atoms with E-state index in [0.29, 0.717) is 35.9 Å². The average molecular weight is 511 g/mol. The van der Waals surface area contributed by atoms with Gasteiger partial charge >= 0.3 is 6.03 Å². The van der Waals surface area contributed by atoms with Crippen LogP contribution in [0.3, 0.4) is 0 Å². The van der Waals surface area contributed by atoms with Crippen LogP contribution in [0.25, 0.3) is 10.9 Å². The van der Waals surface area contributed by atoms with Crippen LogP contribution >= 0.6 is 0 Å². The Labute approximate surface area is 223 Å². The van der Waals surface area contributed by atoms with Crippen molar-refractivity contribution in [1.82, 2.24) is 15.3 Å². The lowest BCUT2D eigenvalue weighted by molar-refractivity contribution is 0.246. The molecule has 0 radical (unpaired) electrons. The first-order chi connectivity index (χ1) is 18.5. The molecule has 3 aromatic carbocycles. The van der Waals surface area contributed by atoms with Crippen molar-refractivity contribution >= 4 is 34.4 Å². The number of para-hydroxylation sites is 4. The molecule has 1 fully saturated rings. The highest BCUT2D eigenvalue weighted by atomic mass is 16.5. The number of carbonyl (C=O) groups is 1. The summed E-state index contributed by atoms with van der Waals surface area (Å²) >= 11 is 0. The van der Waals surface area contributed by atoms with Crippen LogP contribution in [0.4, 0.5) is 22.2 Å². The first-order valence-corrected chi connectivity index (χ1v) is 13.1. The molecule has 0 aliphatic heterocycles. The Morgan fingerprint density at radius 3 is 2.39 bits per heavy atom. The maximum absolute atomic E-state index is 12.6. The predicted molar refractivity (Wildman–Crippen MR) is 153 cm³/mol. The number of anilines is 3. The quantitative estimate of drug-likeness (QED) is 0.258. The molecule has 0 atom stereocenters. The number of benzene rings is 3. The number of carbonyl (C=O) groups excluding carboxylic acids is 1. The van der Waals surface area contributed by atoms with E-state index in [1.807, 2.05) is 91.8 Å². The van der Waals surface area contributed by atoms with Crippen molar-refractivity contribution in [1.29, 1.82) is 0 Å². The highest BCUT2D eigenvalue weighted by Gasteiger charge is 2.23. The van der Waals surface area contributed by atoms with E-state index >= 15 is 0 Å². The minimum absolute atomic E-state index is 0.227. The van der Waals surface area contributed by atoms with Gasteiger partial charge in [-0.15, -0.1) is 0 Å². The summed E-state index contributed by atoms with van der Waals surface area (Å²) in [4.78, 5) is 24.2. The Balaban J connectivity index is 1.11. The molecule has 4 aromatic rings. The van der Waals surface area contributed by atoms with E-state index in [1.54, 1.807) is 0 Å². The van der Waals surface area contributed by atoms with E-state index in [9.17, 15) is 4.79 Å². The summed E-state index contributed by atoms with van der Waals surface area (Å²) in [5.41, 5.74) is 1.57. The first kappa shape index (κ1) is 25.3. The lowest BCUT2D eigenvalue weighted by atomic mass is 9.86. The van der Waals surface area contributed by atoms with Crippen LogP contribution in [0.2, 0.25) is 0 Å². The molecule has 2 amide bonds. The number of nitrogens with one attached hydrogen (secondary N) is 3. The number of nitrogens with zero attached hydrogens (tertiary/aromatic N) is 3. The smallest absolute Gasteiger partial charge is 0.319 e. The molecule has 0 bridgehead atoms. The Hall–Kier alpha value is -4.33. The zero-order valence-corrected chi connectivity index (χ0v) is 21.9. The molecule has 38 heavy (non-hydrogen) atoms. The highest BCUT2D eigenvalue weighted by Crippen LogP contribution is 2.30. The molecule has 5 rings (SSSR count). The monoisotopic (exact) mass is 510 g/mol. The van der Waals surface area contributed by atoms with Crippen LogP contribution < -0.4 is 25.6 Å². The molecule has 1 aromatic heterocycles. The average Bonchev–Trinajstić information content (AvgIpc) is 2.94. The number of ether oxygens (including phenoxy) is 1. The lowest BCUT2D eigenvalue weighted by Gasteiger charge is -2.29. The van der Waals surface area contributed by atoms with Crippen molar-refractivity contribution in [2.45, 2.75) is 31.7 Å². The van der Waals surface area contributed by atoms with Crippen LogP contribution in [0.15, 0.2) is 78.9 Å². The highest BCUT2D eigenvalue weighted by molar-refractivity contribution is 5.91. The fourth-order valence-electron chi connectivity index (χ4n) is 4.84. The zero-order valence-electron chi connectivity index (χ0n) is 21.9. The van der Waals surface area contributed by atoms with Gasteiger partial charge in [0.2, 0.25) is 5.95 Å². The van der Waals surface area contributed by atoms with Crippen molar-refractivity contribution in [3.05, 3.63) is 78.9 Å². The third kappa shape index (κ3) is 6.32. The molecule has 3 N–H and O–H groups in total.